The van der Waals surface area contributed by atoms with Crippen molar-refractivity contribution in [1.29, 1.82) is 0 Å². The third-order valence-electron chi connectivity index (χ3n) is 3.35. The molecule has 1 heterocycles. The Balaban J connectivity index is 1.87. The molecule has 1 aromatic heterocycles. The van der Waals surface area contributed by atoms with E-state index >= 15 is 0 Å². The fourth-order valence-electron chi connectivity index (χ4n) is 2.17. The van der Waals surface area contributed by atoms with Gasteiger partial charge in [0, 0.05) is 30.1 Å². The van der Waals surface area contributed by atoms with E-state index in [0.29, 0.717) is 11.3 Å². The molecule has 26 heavy (non-hydrogen) atoms. The largest absolute Gasteiger partial charge is 0.457 e. The van der Waals surface area contributed by atoms with Crippen molar-refractivity contribution in [2.45, 2.75) is 0 Å². The number of non-ortho nitro benzene ring substituents is 1. The molecule has 7 nitrogen and oxygen atoms in total. The molecule has 0 unspecified atom stereocenters. The van der Waals surface area contributed by atoms with Crippen LogP contribution >= 0.6 is 0 Å². The SMILES string of the molecule is O=C(Nc1cc(Oc2ccc(F)cc2)cc([N+](=O)[O-])c1)c1ccncc1. The van der Waals surface area contributed by atoms with Gasteiger partial charge < -0.3 is 10.1 Å². The average molecular weight is 353 g/mol. The molecule has 0 fully saturated rings. The first kappa shape index (κ1) is 17.0. The van der Waals surface area contributed by atoms with Crippen LogP contribution in [0.1, 0.15) is 10.4 Å². The maximum absolute atomic E-state index is 13.0. The molecule has 1 amide bonds. The first-order valence-corrected chi connectivity index (χ1v) is 7.45. The van der Waals surface area contributed by atoms with E-state index in [4.69, 9.17) is 4.74 Å². The van der Waals surface area contributed by atoms with Crippen LogP contribution in [0.5, 0.6) is 11.5 Å². The first-order valence-electron chi connectivity index (χ1n) is 7.45. The molecule has 0 spiro atoms. The topological polar surface area (TPSA) is 94.4 Å². The van der Waals surface area contributed by atoms with Crippen LogP contribution in [0.2, 0.25) is 0 Å². The molecule has 3 aromatic rings. The Morgan fingerprint density at radius 3 is 2.38 bits per heavy atom. The number of pyridine rings is 1. The van der Waals surface area contributed by atoms with E-state index in [1.54, 1.807) is 0 Å². The normalized spacial score (nSPS) is 10.2. The molecule has 0 radical (unpaired) electrons. The summed E-state index contributed by atoms with van der Waals surface area (Å²) in [4.78, 5) is 26.6. The van der Waals surface area contributed by atoms with Gasteiger partial charge in [0.05, 0.1) is 16.7 Å². The van der Waals surface area contributed by atoms with Crippen molar-refractivity contribution >= 4 is 17.3 Å². The zero-order chi connectivity index (χ0) is 18.5. The summed E-state index contributed by atoms with van der Waals surface area (Å²) in [6.45, 7) is 0. The van der Waals surface area contributed by atoms with Crippen LogP contribution < -0.4 is 10.1 Å². The number of benzene rings is 2. The molecule has 130 valence electrons. The number of hydrogen-bond acceptors (Lipinski definition) is 5. The first-order chi connectivity index (χ1) is 12.5. The number of carbonyl (C=O) groups excluding carboxylic acids is 1. The number of rotatable bonds is 5. The Labute approximate surface area is 147 Å². The van der Waals surface area contributed by atoms with Crippen molar-refractivity contribution in [3.05, 3.63) is 88.5 Å². The van der Waals surface area contributed by atoms with Gasteiger partial charge in [-0.2, -0.15) is 0 Å². The van der Waals surface area contributed by atoms with Crippen LogP contribution in [0.25, 0.3) is 0 Å². The highest BCUT2D eigenvalue weighted by Crippen LogP contribution is 2.30. The molecule has 1 N–H and O–H groups in total. The minimum atomic E-state index is -0.598. The van der Waals surface area contributed by atoms with Gasteiger partial charge in [-0.3, -0.25) is 19.9 Å². The Kier molecular flexibility index (Phi) is 4.84. The van der Waals surface area contributed by atoms with Crippen LogP contribution in [0, 0.1) is 15.9 Å². The second-order valence-corrected chi connectivity index (χ2v) is 5.22. The molecule has 0 bridgehead atoms. The average Bonchev–Trinajstić information content (AvgIpc) is 2.64. The summed E-state index contributed by atoms with van der Waals surface area (Å²) in [5.41, 5.74) is 0.292. The molecular weight excluding hydrogens is 341 g/mol. The maximum atomic E-state index is 13.0. The Bertz CT molecular complexity index is 946. The number of aromatic nitrogens is 1. The van der Waals surface area contributed by atoms with Crippen LogP contribution in [0.4, 0.5) is 15.8 Å². The third-order valence-corrected chi connectivity index (χ3v) is 3.35. The van der Waals surface area contributed by atoms with Crippen molar-refractivity contribution in [2.75, 3.05) is 5.32 Å². The van der Waals surface area contributed by atoms with E-state index < -0.39 is 16.6 Å². The van der Waals surface area contributed by atoms with E-state index in [1.807, 2.05) is 0 Å². The zero-order valence-corrected chi connectivity index (χ0v) is 13.3. The Morgan fingerprint density at radius 1 is 1.04 bits per heavy atom. The Hall–Kier alpha value is -3.81. The number of ether oxygens (including phenoxy) is 1. The molecule has 0 saturated carbocycles. The number of nitrogens with one attached hydrogen (secondary N) is 1. The maximum Gasteiger partial charge on any atom is 0.275 e. The van der Waals surface area contributed by atoms with E-state index in [2.05, 4.69) is 10.3 Å². The summed E-state index contributed by atoms with van der Waals surface area (Å²) in [5.74, 6) is -0.434. The van der Waals surface area contributed by atoms with Crippen LogP contribution in [0.15, 0.2) is 67.0 Å². The number of nitro groups is 1. The lowest BCUT2D eigenvalue weighted by Gasteiger charge is -2.09. The summed E-state index contributed by atoms with van der Waals surface area (Å²) in [5, 5.41) is 13.7. The van der Waals surface area contributed by atoms with E-state index in [-0.39, 0.29) is 17.1 Å². The van der Waals surface area contributed by atoms with Crippen molar-refractivity contribution in [1.82, 2.24) is 4.98 Å². The minimum Gasteiger partial charge on any atom is -0.457 e. The molecule has 0 aliphatic rings. The van der Waals surface area contributed by atoms with Crippen LogP contribution in [-0.4, -0.2) is 15.8 Å². The van der Waals surface area contributed by atoms with Gasteiger partial charge in [0.1, 0.15) is 17.3 Å². The van der Waals surface area contributed by atoms with Gasteiger partial charge in [-0.25, -0.2) is 4.39 Å². The van der Waals surface area contributed by atoms with Crippen molar-refractivity contribution < 1.29 is 18.8 Å². The molecule has 0 saturated heterocycles. The highest BCUT2D eigenvalue weighted by atomic mass is 19.1. The zero-order valence-electron chi connectivity index (χ0n) is 13.3. The van der Waals surface area contributed by atoms with E-state index in [0.717, 1.165) is 0 Å². The molecule has 8 heteroatoms. The van der Waals surface area contributed by atoms with Crippen molar-refractivity contribution in [3.63, 3.8) is 0 Å². The number of amides is 1. The highest BCUT2D eigenvalue weighted by molar-refractivity contribution is 6.04. The molecule has 0 aliphatic heterocycles. The summed E-state index contributed by atoms with van der Waals surface area (Å²) >= 11 is 0. The standard InChI is InChI=1S/C18H12FN3O4/c19-13-1-3-16(4-2-13)26-17-10-14(9-15(11-17)22(24)25)21-18(23)12-5-7-20-8-6-12/h1-11H,(H,21,23). The van der Waals surface area contributed by atoms with Gasteiger partial charge >= 0.3 is 0 Å². The highest BCUT2D eigenvalue weighted by Gasteiger charge is 2.14. The molecule has 2 aromatic carbocycles. The predicted octanol–water partition coefficient (Wildman–Crippen LogP) is 4.17. The van der Waals surface area contributed by atoms with Gasteiger partial charge in [-0.1, -0.05) is 0 Å². The lowest BCUT2D eigenvalue weighted by Crippen LogP contribution is -2.12. The quantitative estimate of drug-likeness (QED) is 0.549. The monoisotopic (exact) mass is 353 g/mol. The summed E-state index contributed by atoms with van der Waals surface area (Å²) in [7, 11) is 0. The van der Waals surface area contributed by atoms with Gasteiger partial charge in [0.2, 0.25) is 0 Å². The van der Waals surface area contributed by atoms with Gasteiger partial charge in [0.15, 0.2) is 0 Å². The smallest absolute Gasteiger partial charge is 0.275 e. The van der Waals surface area contributed by atoms with Crippen molar-refractivity contribution in [2.24, 2.45) is 0 Å². The number of halogens is 1. The summed E-state index contributed by atoms with van der Waals surface area (Å²) in [6, 6.07) is 12.1. The number of carbonyl (C=O) groups is 1. The Morgan fingerprint density at radius 2 is 1.73 bits per heavy atom. The number of anilines is 1. The lowest BCUT2D eigenvalue weighted by atomic mass is 10.2. The molecule has 3 rings (SSSR count). The molecular formula is C18H12FN3O4. The fraction of sp³-hybridized carbons (Fsp3) is 0. The predicted molar refractivity (Wildman–Crippen MR) is 91.8 cm³/mol. The van der Waals surface area contributed by atoms with Gasteiger partial charge in [-0.15, -0.1) is 0 Å². The lowest BCUT2D eigenvalue weighted by molar-refractivity contribution is -0.384. The van der Waals surface area contributed by atoms with Crippen LogP contribution in [0.3, 0.4) is 0 Å². The van der Waals surface area contributed by atoms with Gasteiger partial charge in [0.25, 0.3) is 11.6 Å². The fourth-order valence-corrected chi connectivity index (χ4v) is 2.17. The number of nitrogens with zero attached hydrogens (tertiary/aromatic N) is 2. The van der Waals surface area contributed by atoms with E-state index in [9.17, 15) is 19.3 Å². The van der Waals surface area contributed by atoms with Crippen LogP contribution in [-0.2, 0) is 0 Å². The third kappa shape index (κ3) is 4.18. The van der Waals surface area contributed by atoms with Crippen molar-refractivity contribution in [3.8, 4) is 11.5 Å². The summed E-state index contributed by atoms with van der Waals surface area (Å²) in [6.07, 6.45) is 2.93. The minimum absolute atomic E-state index is 0.135. The number of nitro benzene ring substituents is 1. The summed E-state index contributed by atoms with van der Waals surface area (Å²) < 4.78 is 18.5. The van der Waals surface area contributed by atoms with Gasteiger partial charge in [-0.05, 0) is 36.4 Å². The molecule has 0 atom stereocenters. The molecule has 0 aliphatic carbocycles. The van der Waals surface area contributed by atoms with E-state index in [1.165, 1.54) is 67.0 Å². The second kappa shape index (κ2) is 7.39. The number of hydrogen-bond donors (Lipinski definition) is 1. The second-order valence-electron chi connectivity index (χ2n) is 5.22.